The van der Waals surface area contributed by atoms with Gasteiger partial charge in [-0.3, -0.25) is 29.9 Å². The molecule has 0 aliphatic heterocycles. The molecule has 3 aromatic carbocycles. The van der Waals surface area contributed by atoms with Crippen molar-refractivity contribution in [3.8, 4) is 0 Å². The number of ether oxygens (including phenoxy) is 3. The summed E-state index contributed by atoms with van der Waals surface area (Å²) in [5, 5.41) is 1.58. The van der Waals surface area contributed by atoms with E-state index in [2.05, 4.69) is 427 Å². The van der Waals surface area contributed by atoms with Gasteiger partial charge in [-0.25, -0.2) is 0 Å². The van der Waals surface area contributed by atoms with E-state index in [1.807, 2.05) is 57.8 Å². The molecule has 0 saturated carbocycles. The van der Waals surface area contributed by atoms with Gasteiger partial charge in [0.2, 0.25) is 0 Å². The van der Waals surface area contributed by atoms with Gasteiger partial charge in [0, 0.05) is 200 Å². The van der Waals surface area contributed by atoms with Crippen LogP contribution in [0.15, 0.2) is 104 Å². The maximum absolute atomic E-state index is 5.30. The molecule has 0 N–H and O–H groups in total. The summed E-state index contributed by atoms with van der Waals surface area (Å²) < 4.78 is 15.9. The van der Waals surface area contributed by atoms with Crippen LogP contribution in [0.2, 0.25) is 0 Å². The molecule has 132 heavy (non-hydrogen) atoms. The van der Waals surface area contributed by atoms with E-state index in [0.717, 1.165) is 23.7 Å². The zero-order valence-electron chi connectivity index (χ0n) is 89.3. The Hall–Kier alpha value is -3.29. The average Bonchev–Trinajstić information content (AvgIpc) is 0.819. The van der Waals surface area contributed by atoms with Crippen molar-refractivity contribution in [2.45, 2.75) is 530 Å². The van der Waals surface area contributed by atoms with Crippen molar-refractivity contribution in [1.29, 1.82) is 0 Å². The standard InChI is InChI=1S/C14H23N.2C13H19N.C10H23N.2C8H17N.C7H15N.2C7H16O.C6H14O.C6H14S.11CH4.11B/c1-10(2)15(11(3)4)14-12(5)8-7-9-13(14)6;2*1-10(2)13(14-11(3)4)12-8-6-5-7-9-12;1-8(2)11(9(3)4)10(5,6)7;2*1-6(2)8(5)9-7(3)4;3*1-6(2)5-8-7(3)4;2*1-5(2)7-6(3)4;;;;;;;;;;;;;;;;;;;;;;/h7-11H,1-6H3;2*5-11H,1-4H3;8-9H,1-7H3;2*6-7H,1-5H3;5-7H,1-4H3;2*6-7H,5H2,1-4H3;2*5-6H,1-4H3;11*1H4;;;;;;;;;;;. The normalized spacial score (nSPS) is 10.2. The first-order valence-corrected chi connectivity index (χ1v) is 44.1. The van der Waals surface area contributed by atoms with Crippen molar-refractivity contribution < 1.29 is 14.2 Å². The second-order valence-corrected chi connectivity index (χ2v) is 38.7. The zero-order valence-corrected chi connectivity index (χ0v) is 90.1. The second kappa shape index (κ2) is 128. The molecule has 22 heteroatoms. The number of aliphatic imine (C=N–C) groups is 5. The van der Waals surface area contributed by atoms with Crippen molar-refractivity contribution in [1.82, 2.24) is 4.90 Å². The lowest BCUT2D eigenvalue weighted by Gasteiger charge is -2.42. The van der Waals surface area contributed by atoms with Gasteiger partial charge < -0.3 is 19.1 Å². The molecule has 0 aliphatic rings. The summed E-state index contributed by atoms with van der Waals surface area (Å²) in [5.41, 5.74) is 11.9. The van der Waals surface area contributed by atoms with Crippen LogP contribution in [-0.4, -0.2) is 235 Å². The summed E-state index contributed by atoms with van der Waals surface area (Å²) in [4.78, 5) is 27.3. The highest BCUT2D eigenvalue weighted by atomic mass is 32.2. The minimum Gasteiger partial charge on any atom is -0.379 e. The van der Waals surface area contributed by atoms with Crippen LogP contribution in [0.3, 0.4) is 0 Å². The maximum Gasteiger partial charge on any atom is 0.0522 e. The molecule has 0 aliphatic carbocycles. The Kier molecular flexibility index (Phi) is 208. The van der Waals surface area contributed by atoms with E-state index in [1.165, 1.54) is 50.8 Å². The highest BCUT2D eigenvalue weighted by Gasteiger charge is 2.26. The van der Waals surface area contributed by atoms with E-state index in [9.17, 15) is 0 Å². The van der Waals surface area contributed by atoms with Crippen LogP contribution in [0.5, 0.6) is 0 Å². The Balaban J connectivity index is -0.0000000307. The van der Waals surface area contributed by atoms with E-state index >= 15 is 0 Å². The Morgan fingerprint density at radius 2 is 0.561 bits per heavy atom. The summed E-state index contributed by atoms with van der Waals surface area (Å²) in [6.45, 7) is 112. The molecule has 0 aromatic heterocycles. The van der Waals surface area contributed by atoms with Crippen LogP contribution < -0.4 is 4.90 Å². The van der Waals surface area contributed by atoms with Crippen molar-refractivity contribution in [2.24, 2.45) is 66.4 Å². The van der Waals surface area contributed by atoms with Crippen LogP contribution >= 0.6 is 11.8 Å². The van der Waals surface area contributed by atoms with Crippen molar-refractivity contribution in [2.75, 3.05) is 18.1 Å². The number of aryl methyl sites for hydroxylation is 2. The van der Waals surface area contributed by atoms with Gasteiger partial charge in [-0.05, 0) is 303 Å². The summed E-state index contributed by atoms with van der Waals surface area (Å²) >= 11 is 2.01. The van der Waals surface area contributed by atoms with Gasteiger partial charge >= 0.3 is 0 Å². The lowest BCUT2D eigenvalue weighted by atomic mass is 10.00. The average molecular weight is 1860 g/mol. The third-order valence-electron chi connectivity index (χ3n) is 14.6. The molecule has 0 heterocycles. The van der Waals surface area contributed by atoms with Crippen LogP contribution in [0.1, 0.15) is 443 Å². The van der Waals surface area contributed by atoms with Gasteiger partial charge in [-0.2, -0.15) is 11.8 Å². The molecule has 0 amide bonds. The van der Waals surface area contributed by atoms with E-state index in [-0.39, 0.29) is 174 Å². The monoisotopic (exact) mass is 1860 g/mol. The summed E-state index contributed by atoms with van der Waals surface area (Å²) in [6, 6.07) is 31.8. The van der Waals surface area contributed by atoms with Crippen LogP contribution in [-0.2, 0) is 14.2 Å². The fourth-order valence-electron chi connectivity index (χ4n) is 10.7. The lowest BCUT2D eigenvalue weighted by Crippen LogP contribution is -2.49. The van der Waals surface area contributed by atoms with Gasteiger partial charge in [0.1, 0.15) is 0 Å². The molecule has 0 unspecified atom stereocenters. The number of nitrogens with zero attached hydrogens (tertiary/aromatic N) is 7. The highest BCUT2D eigenvalue weighted by molar-refractivity contribution is 8.00. The molecular weight excluding hydrogens is 1620 g/mol. The molecule has 0 spiro atoms. The fraction of sp³-hybridized carbons (Fsp3) is 0.791. The fourth-order valence-corrected chi connectivity index (χ4v) is 11.8. The van der Waals surface area contributed by atoms with Crippen LogP contribution in [0, 0.1) is 55.3 Å². The van der Waals surface area contributed by atoms with E-state index in [1.54, 1.807) is 0 Å². The first kappa shape index (κ1) is 215. The molecule has 0 atom stereocenters. The Bertz CT molecular complexity index is 2520. The minimum atomic E-state index is 0. The summed E-state index contributed by atoms with van der Waals surface area (Å²) in [6.07, 6.45) is 3.51. The predicted molar refractivity (Wildman–Crippen MR) is 649 cm³/mol. The number of thioether (sulfide) groups is 1. The van der Waals surface area contributed by atoms with Gasteiger partial charge in [-0.1, -0.05) is 285 Å². The van der Waals surface area contributed by atoms with Gasteiger partial charge in [0.15, 0.2) is 0 Å². The van der Waals surface area contributed by atoms with Crippen molar-refractivity contribution >= 4 is 139 Å². The molecule has 0 fully saturated rings. The first-order chi connectivity index (χ1) is 50.1. The Morgan fingerprint density at radius 1 is 0.318 bits per heavy atom. The number of hydrogen-bond acceptors (Lipinski definition) is 11. The largest absolute Gasteiger partial charge is 0.379 e. The highest BCUT2D eigenvalue weighted by Crippen LogP contribution is 2.28. The molecule has 33 radical (unpaired) electrons. The minimum absolute atomic E-state index is 0. The lowest BCUT2D eigenvalue weighted by molar-refractivity contribution is 0.0300. The van der Waals surface area contributed by atoms with E-state index < -0.39 is 0 Å². The summed E-state index contributed by atoms with van der Waals surface area (Å²) in [7, 11) is 0. The molecule has 0 bridgehead atoms. The Morgan fingerprint density at radius 3 is 0.667 bits per heavy atom. The Labute approximate surface area is 867 Å². The van der Waals surface area contributed by atoms with E-state index in [4.69, 9.17) is 14.2 Å². The first-order valence-electron chi connectivity index (χ1n) is 43.2. The maximum atomic E-state index is 5.30. The SMILES string of the molecule is C.C.C.C.C.C.C.C.C.C.C.CC(=NC(C)C)C(C)C.CC(=NC(C)C)C(C)C.CC(C)C=NC(C)C.CC(C)COC(C)C.CC(C)COC(C)C.CC(C)N(C(C)C)C(C)(C)C.CC(C)N=C(c1ccccc1)C(C)C.CC(C)N=C(c1ccccc1)C(C)C.CC(C)OC(C)C.CC(C)SC(C)C.Cc1cccc(C)c1N(C(C)C)C(C)C.[B].[B].[B].[B].[B].[B].[B].[B].[B].[B].[B]. The second-order valence-electron chi connectivity index (χ2n) is 36.6. The van der Waals surface area contributed by atoms with Gasteiger partial charge in [-0.15, -0.1) is 0 Å². The number of benzene rings is 3. The number of hydrogen-bond donors (Lipinski definition) is 0. The van der Waals surface area contributed by atoms with Crippen molar-refractivity contribution in [3.63, 3.8) is 0 Å². The third-order valence-corrected chi connectivity index (χ3v) is 15.7. The van der Waals surface area contributed by atoms with Gasteiger partial charge in [0.25, 0.3) is 0 Å². The van der Waals surface area contributed by atoms with Crippen molar-refractivity contribution in [3.05, 3.63) is 101 Å². The topological polar surface area (TPSA) is 96.0 Å². The predicted octanol–water partition coefficient (Wildman–Crippen LogP) is 32.4. The van der Waals surface area contributed by atoms with Gasteiger partial charge in [0.05, 0.1) is 24.4 Å². The molecular formula is C110H237B11N7O3S. The molecule has 769 valence electrons. The molecule has 3 aromatic rings. The number of para-hydroxylation sites is 1. The third kappa shape index (κ3) is 150. The quantitative estimate of drug-likeness (QED) is 0.0557. The number of anilines is 1. The zero-order chi connectivity index (χ0) is 88.2. The van der Waals surface area contributed by atoms with Crippen LogP contribution in [0.4, 0.5) is 5.69 Å². The molecule has 0 saturated heterocycles. The number of rotatable bonds is 27. The molecule has 3 rings (SSSR count). The van der Waals surface area contributed by atoms with E-state index in [0.29, 0.717) is 126 Å². The molecule has 10 nitrogen and oxygen atoms in total. The smallest absolute Gasteiger partial charge is 0.0522 e. The summed E-state index contributed by atoms with van der Waals surface area (Å²) in [5.74, 6) is 4.10. The van der Waals surface area contributed by atoms with Crippen LogP contribution in [0.25, 0.3) is 0 Å².